The molecule has 0 saturated carbocycles. The van der Waals surface area contributed by atoms with Crippen molar-refractivity contribution in [3.63, 3.8) is 0 Å². The summed E-state index contributed by atoms with van der Waals surface area (Å²) in [6.45, 7) is 5.80. The van der Waals surface area contributed by atoms with Gasteiger partial charge in [-0.25, -0.2) is 9.67 Å². The van der Waals surface area contributed by atoms with Crippen LogP contribution in [0.4, 0.5) is 13.2 Å². The van der Waals surface area contributed by atoms with Gasteiger partial charge in [-0.15, -0.1) is 5.10 Å². The first-order valence-electron chi connectivity index (χ1n) is 12.3. The minimum atomic E-state index is -4.97. The van der Waals surface area contributed by atoms with E-state index in [1.165, 1.54) is 0 Å². The van der Waals surface area contributed by atoms with E-state index in [2.05, 4.69) is 15.3 Å². The fourth-order valence-corrected chi connectivity index (χ4v) is 5.52. The number of ether oxygens (including phenoxy) is 1. The van der Waals surface area contributed by atoms with Crippen LogP contribution in [0.5, 0.6) is 5.75 Å². The summed E-state index contributed by atoms with van der Waals surface area (Å²) < 4.78 is 49.9. The van der Waals surface area contributed by atoms with Gasteiger partial charge in [0.15, 0.2) is 0 Å². The summed E-state index contributed by atoms with van der Waals surface area (Å²) in [6.07, 6.45) is 7.95. The molecule has 1 aromatic carbocycles. The van der Waals surface area contributed by atoms with Gasteiger partial charge in [0, 0.05) is 24.2 Å². The molecular weight excluding hydrogens is 497 g/mol. The van der Waals surface area contributed by atoms with Crippen molar-refractivity contribution in [2.45, 2.75) is 45.5 Å². The number of carbonyl (C=O) groups is 1. The Morgan fingerprint density at radius 1 is 1.16 bits per heavy atom. The van der Waals surface area contributed by atoms with E-state index < -0.39 is 29.6 Å². The maximum Gasteiger partial charge on any atom is 0.471 e. The Morgan fingerprint density at radius 2 is 1.92 bits per heavy atom. The minimum absolute atomic E-state index is 0.133. The topological polar surface area (TPSA) is 78.1 Å². The molecule has 200 valence electrons. The first-order chi connectivity index (χ1) is 18.0. The molecule has 1 fully saturated rings. The van der Waals surface area contributed by atoms with Crippen molar-refractivity contribution < 1.29 is 22.7 Å². The molecule has 2 aromatic heterocycles. The van der Waals surface area contributed by atoms with Gasteiger partial charge < -0.3 is 14.2 Å². The number of methoxy groups -OCH3 is 1. The van der Waals surface area contributed by atoms with Crippen molar-refractivity contribution in [3.05, 3.63) is 66.9 Å². The SMILES string of the molecule is COc1cc(-c2cn(C3CN(C(=O)C(F)(F)F)C4C=CC=CC4C(C)(C)C3)nn2)ccc1-n1cnc(C)c1. The second-order valence-corrected chi connectivity index (χ2v) is 10.5. The van der Waals surface area contributed by atoms with Crippen LogP contribution in [0.25, 0.3) is 16.9 Å². The number of aryl methyl sites for hydroxylation is 1. The fourth-order valence-electron chi connectivity index (χ4n) is 5.52. The standard InChI is InChI=1S/C27H29F3N6O2/c1-17-13-34(16-31-17)23-10-9-18(11-24(23)38-4)21-15-36(33-32-21)19-12-26(2,3)20-7-5-6-8-22(20)35(14-19)25(37)27(28,29)30/h5-11,13,15-16,19-20,22H,12,14H2,1-4H3. The van der Waals surface area contributed by atoms with Gasteiger partial charge in [0.1, 0.15) is 11.4 Å². The Hall–Kier alpha value is -3.89. The molecule has 0 radical (unpaired) electrons. The van der Waals surface area contributed by atoms with Gasteiger partial charge in [-0.2, -0.15) is 13.2 Å². The number of imidazole rings is 1. The number of halogens is 3. The molecule has 1 amide bonds. The van der Waals surface area contributed by atoms with Crippen molar-refractivity contribution in [2.24, 2.45) is 11.3 Å². The average molecular weight is 527 g/mol. The summed E-state index contributed by atoms with van der Waals surface area (Å²) in [5.74, 6) is -1.50. The Morgan fingerprint density at radius 3 is 2.61 bits per heavy atom. The van der Waals surface area contributed by atoms with Gasteiger partial charge in [-0.1, -0.05) is 49.4 Å². The van der Waals surface area contributed by atoms with E-state index in [1.807, 2.05) is 61.9 Å². The molecule has 38 heavy (non-hydrogen) atoms. The van der Waals surface area contributed by atoms with Crippen molar-refractivity contribution in [3.8, 4) is 22.7 Å². The van der Waals surface area contributed by atoms with E-state index in [0.717, 1.165) is 21.8 Å². The largest absolute Gasteiger partial charge is 0.495 e. The first-order valence-corrected chi connectivity index (χ1v) is 12.3. The Kier molecular flexibility index (Phi) is 6.40. The third kappa shape index (κ3) is 4.72. The molecule has 1 saturated heterocycles. The third-order valence-electron chi connectivity index (χ3n) is 7.39. The zero-order valence-electron chi connectivity index (χ0n) is 21.6. The molecule has 0 spiro atoms. The number of rotatable bonds is 4. The smallest absolute Gasteiger partial charge is 0.471 e. The lowest BCUT2D eigenvalue weighted by atomic mass is 9.70. The van der Waals surface area contributed by atoms with E-state index in [-0.39, 0.29) is 12.5 Å². The Balaban J connectivity index is 1.48. The number of amides is 1. The highest BCUT2D eigenvalue weighted by Gasteiger charge is 2.50. The molecular formula is C27H29F3N6O2. The van der Waals surface area contributed by atoms with Gasteiger partial charge in [0.2, 0.25) is 0 Å². The average Bonchev–Trinajstić information content (AvgIpc) is 3.52. The fraction of sp³-hybridized carbons (Fsp3) is 0.407. The van der Waals surface area contributed by atoms with Crippen LogP contribution in [0.3, 0.4) is 0 Å². The van der Waals surface area contributed by atoms with Gasteiger partial charge in [-0.3, -0.25) is 4.79 Å². The lowest BCUT2D eigenvalue weighted by molar-refractivity contribution is -0.188. The van der Waals surface area contributed by atoms with E-state index in [1.54, 1.807) is 36.5 Å². The molecule has 1 aliphatic carbocycles. The van der Waals surface area contributed by atoms with Crippen molar-refractivity contribution in [1.82, 2.24) is 29.4 Å². The number of allylic oxidation sites excluding steroid dienone is 2. The number of likely N-dealkylation sites (tertiary alicyclic amines) is 1. The molecule has 8 nitrogen and oxygen atoms in total. The number of hydrogen-bond donors (Lipinski definition) is 0. The molecule has 3 unspecified atom stereocenters. The van der Waals surface area contributed by atoms with Gasteiger partial charge in [-0.05, 0) is 30.9 Å². The number of fused-ring (bicyclic) bond motifs is 1. The summed E-state index contributed by atoms with van der Waals surface area (Å²) in [5.41, 5.74) is 2.56. The minimum Gasteiger partial charge on any atom is -0.495 e. The second-order valence-electron chi connectivity index (χ2n) is 10.5. The maximum absolute atomic E-state index is 13.6. The van der Waals surface area contributed by atoms with Gasteiger partial charge >= 0.3 is 12.1 Å². The summed E-state index contributed by atoms with van der Waals surface area (Å²) >= 11 is 0. The number of aromatic nitrogens is 5. The zero-order chi connectivity index (χ0) is 27.2. The van der Waals surface area contributed by atoms with Crippen LogP contribution in [0, 0.1) is 18.3 Å². The molecule has 2 aliphatic rings. The normalized spacial score (nSPS) is 22.7. The van der Waals surface area contributed by atoms with Crippen LogP contribution < -0.4 is 4.74 Å². The van der Waals surface area contributed by atoms with Crippen molar-refractivity contribution in [2.75, 3.05) is 13.7 Å². The summed E-state index contributed by atoms with van der Waals surface area (Å²) in [7, 11) is 1.57. The maximum atomic E-state index is 13.6. The highest BCUT2D eigenvalue weighted by atomic mass is 19.4. The summed E-state index contributed by atoms with van der Waals surface area (Å²) in [4.78, 5) is 17.7. The van der Waals surface area contributed by atoms with Crippen molar-refractivity contribution >= 4 is 5.91 Å². The molecule has 11 heteroatoms. The molecule has 3 atom stereocenters. The monoisotopic (exact) mass is 526 g/mol. The van der Waals surface area contributed by atoms with Crippen LogP contribution in [0.2, 0.25) is 0 Å². The van der Waals surface area contributed by atoms with Gasteiger partial charge in [0.25, 0.3) is 0 Å². The first kappa shape index (κ1) is 25.7. The lowest BCUT2D eigenvalue weighted by Crippen LogP contribution is -2.51. The highest BCUT2D eigenvalue weighted by molar-refractivity contribution is 5.82. The Bertz CT molecular complexity index is 1400. The second kappa shape index (κ2) is 9.45. The molecule has 5 rings (SSSR count). The number of carbonyl (C=O) groups excluding carboxylic acids is 1. The van der Waals surface area contributed by atoms with E-state index in [0.29, 0.717) is 17.9 Å². The van der Waals surface area contributed by atoms with Crippen LogP contribution >= 0.6 is 0 Å². The number of nitrogens with zero attached hydrogens (tertiary/aromatic N) is 6. The number of alkyl halides is 3. The predicted octanol–water partition coefficient (Wildman–Crippen LogP) is 4.92. The van der Waals surface area contributed by atoms with Crippen LogP contribution in [-0.2, 0) is 4.79 Å². The molecule has 0 bridgehead atoms. The highest BCUT2D eigenvalue weighted by Crippen LogP contribution is 2.45. The molecule has 3 aromatic rings. The van der Waals surface area contributed by atoms with Crippen LogP contribution in [0.1, 0.15) is 32.0 Å². The quantitative estimate of drug-likeness (QED) is 0.482. The summed E-state index contributed by atoms with van der Waals surface area (Å²) in [6, 6.07) is 4.40. The van der Waals surface area contributed by atoms with E-state index in [4.69, 9.17) is 4.74 Å². The molecule has 3 heterocycles. The number of hydrogen-bond acceptors (Lipinski definition) is 5. The van der Waals surface area contributed by atoms with Crippen LogP contribution in [0.15, 0.2) is 61.2 Å². The van der Waals surface area contributed by atoms with E-state index >= 15 is 0 Å². The van der Waals surface area contributed by atoms with E-state index in [9.17, 15) is 18.0 Å². The molecule has 0 N–H and O–H groups in total. The number of benzene rings is 1. The Labute approximate surface area is 218 Å². The zero-order valence-corrected chi connectivity index (χ0v) is 21.6. The third-order valence-corrected chi connectivity index (χ3v) is 7.39. The van der Waals surface area contributed by atoms with Crippen LogP contribution in [-0.4, -0.2) is 61.2 Å². The van der Waals surface area contributed by atoms with Gasteiger partial charge in [0.05, 0.1) is 43.1 Å². The summed E-state index contributed by atoms with van der Waals surface area (Å²) in [5, 5.41) is 8.61. The predicted molar refractivity (Wildman–Crippen MR) is 135 cm³/mol. The molecule has 1 aliphatic heterocycles. The van der Waals surface area contributed by atoms with Crippen molar-refractivity contribution in [1.29, 1.82) is 0 Å². The lowest BCUT2D eigenvalue weighted by Gasteiger charge is -2.39.